The maximum atomic E-state index is 2.38. The van der Waals surface area contributed by atoms with E-state index in [9.17, 15) is 0 Å². The zero-order valence-electron chi connectivity index (χ0n) is 17.6. The van der Waals surface area contributed by atoms with Crippen molar-refractivity contribution in [2.75, 3.05) is 12.3 Å². The van der Waals surface area contributed by atoms with Gasteiger partial charge in [-0.15, -0.1) is 0 Å². The molecular formula is C28H31P2+. The first kappa shape index (κ1) is 21.2. The Labute approximate surface area is 184 Å². The van der Waals surface area contributed by atoms with Crippen molar-refractivity contribution < 1.29 is 0 Å². The number of rotatable bonds is 10. The van der Waals surface area contributed by atoms with E-state index >= 15 is 0 Å². The molecule has 4 rings (SSSR count). The summed E-state index contributed by atoms with van der Waals surface area (Å²) in [5.74, 6) is 3.55. The summed E-state index contributed by atoms with van der Waals surface area (Å²) in [6.07, 6.45) is 10.2. The fourth-order valence-electron chi connectivity index (χ4n) is 4.48. The Balaban J connectivity index is 1.43. The quantitative estimate of drug-likeness (QED) is 0.282. The zero-order chi connectivity index (χ0) is 20.4. The summed E-state index contributed by atoms with van der Waals surface area (Å²) < 4.78 is 0. The molecule has 2 unspecified atom stereocenters. The lowest BCUT2D eigenvalue weighted by Crippen LogP contribution is -2.05. The number of hydrogen-bond donors (Lipinski definition) is 0. The normalized spacial score (nSPS) is 15.8. The van der Waals surface area contributed by atoms with Gasteiger partial charge in [0.1, 0.15) is 27.4 Å². The van der Waals surface area contributed by atoms with E-state index in [2.05, 4.69) is 103 Å². The molecule has 1 heterocycles. The molecule has 0 N–H and O–H groups in total. The van der Waals surface area contributed by atoms with Crippen LogP contribution < -0.4 is 0 Å². The van der Waals surface area contributed by atoms with Gasteiger partial charge in [-0.1, -0.05) is 97.4 Å². The highest BCUT2D eigenvalue weighted by molar-refractivity contribution is 7.96. The minimum atomic E-state index is 0.193. The van der Waals surface area contributed by atoms with Crippen LogP contribution in [0.1, 0.15) is 54.2 Å². The van der Waals surface area contributed by atoms with E-state index < -0.39 is 0 Å². The molecule has 0 bridgehead atoms. The van der Waals surface area contributed by atoms with Gasteiger partial charge in [-0.25, -0.2) is 0 Å². The highest BCUT2D eigenvalue weighted by Gasteiger charge is 2.20. The largest absolute Gasteiger partial charge is 0.148 e. The van der Waals surface area contributed by atoms with Gasteiger partial charge in [-0.05, 0) is 47.9 Å². The lowest BCUT2D eigenvalue weighted by atomic mass is 9.84. The molecule has 0 radical (unpaired) electrons. The van der Waals surface area contributed by atoms with Crippen LogP contribution in [-0.4, -0.2) is 12.3 Å². The van der Waals surface area contributed by atoms with Crippen molar-refractivity contribution in [1.82, 2.24) is 0 Å². The molecule has 3 aromatic rings. The molecule has 0 saturated heterocycles. The Morgan fingerprint density at radius 1 is 0.667 bits per heavy atom. The van der Waals surface area contributed by atoms with Crippen LogP contribution in [0.3, 0.4) is 0 Å². The van der Waals surface area contributed by atoms with E-state index in [0.717, 1.165) is 0 Å². The molecule has 0 amide bonds. The second-order valence-corrected chi connectivity index (χ2v) is 12.9. The van der Waals surface area contributed by atoms with Crippen molar-refractivity contribution in [2.45, 2.75) is 37.5 Å². The van der Waals surface area contributed by atoms with E-state index in [1.54, 1.807) is 7.87 Å². The maximum absolute atomic E-state index is 2.38. The van der Waals surface area contributed by atoms with Gasteiger partial charge >= 0.3 is 0 Å². The molecule has 0 aliphatic carbocycles. The van der Waals surface area contributed by atoms with Gasteiger partial charge in [0.15, 0.2) is 0 Å². The summed E-state index contributed by atoms with van der Waals surface area (Å²) in [7, 11) is 1.79. The summed E-state index contributed by atoms with van der Waals surface area (Å²) in [6.45, 7) is 0. The van der Waals surface area contributed by atoms with Gasteiger partial charge in [0.05, 0.1) is 0 Å². The monoisotopic (exact) mass is 429 g/mol. The lowest BCUT2D eigenvalue weighted by Gasteiger charge is -2.21. The van der Waals surface area contributed by atoms with Crippen molar-refractivity contribution in [3.05, 3.63) is 120 Å². The van der Waals surface area contributed by atoms with Crippen LogP contribution >= 0.6 is 15.1 Å². The Hall–Kier alpha value is -2.00. The second-order valence-electron chi connectivity index (χ2n) is 8.11. The van der Waals surface area contributed by atoms with Crippen molar-refractivity contribution in [2.24, 2.45) is 0 Å². The van der Waals surface area contributed by atoms with Gasteiger partial charge in [-0.2, -0.15) is 0 Å². The number of benzene rings is 3. The molecule has 1 aliphatic rings. The third-order valence-corrected chi connectivity index (χ3v) is 10.7. The minimum absolute atomic E-state index is 0.193. The van der Waals surface area contributed by atoms with Crippen LogP contribution in [0.5, 0.6) is 0 Å². The second kappa shape index (κ2) is 11.4. The van der Waals surface area contributed by atoms with Crippen molar-refractivity contribution in [1.29, 1.82) is 0 Å². The van der Waals surface area contributed by atoms with Crippen molar-refractivity contribution in [3.63, 3.8) is 0 Å². The first-order chi connectivity index (χ1) is 14.9. The highest BCUT2D eigenvalue weighted by atomic mass is 31.8. The third kappa shape index (κ3) is 6.01. The predicted octanol–water partition coefficient (Wildman–Crippen LogP) is 9.03. The molecule has 0 nitrogen and oxygen atoms in total. The molecular weight excluding hydrogens is 398 g/mol. The molecule has 2 heteroatoms. The molecule has 2 atom stereocenters. The molecule has 0 aromatic heterocycles. The fraction of sp³-hybridized carbons (Fsp3) is 0.286. The van der Waals surface area contributed by atoms with Crippen LogP contribution in [0.2, 0.25) is 0 Å². The summed E-state index contributed by atoms with van der Waals surface area (Å²) >= 11 is 0. The first-order valence-corrected chi connectivity index (χ1v) is 14.5. The van der Waals surface area contributed by atoms with Gasteiger partial charge in [0.2, 0.25) is 0 Å². The molecule has 30 heavy (non-hydrogen) atoms. The number of hydrogen-bond acceptors (Lipinski definition) is 0. The van der Waals surface area contributed by atoms with E-state index in [1.165, 1.54) is 54.7 Å². The molecule has 0 spiro atoms. The first-order valence-electron chi connectivity index (χ1n) is 11.2. The molecule has 0 saturated carbocycles. The van der Waals surface area contributed by atoms with Gasteiger partial charge in [0.25, 0.3) is 0 Å². The average molecular weight is 430 g/mol. The van der Waals surface area contributed by atoms with Crippen LogP contribution in [0.25, 0.3) is 0 Å². The Bertz CT molecular complexity index is 906. The summed E-state index contributed by atoms with van der Waals surface area (Å²) in [5.41, 5.74) is 4.42. The van der Waals surface area contributed by atoms with Gasteiger partial charge in [-0.3, -0.25) is 0 Å². The molecule has 152 valence electrons. The third-order valence-electron chi connectivity index (χ3n) is 6.11. The Morgan fingerprint density at radius 3 is 1.77 bits per heavy atom. The Kier molecular flexibility index (Phi) is 8.08. The SMILES string of the molecule is C1=CP=[P+](CCC(CCCC(c2ccccc2)c2ccccc2)c2ccccc2)C1. The highest BCUT2D eigenvalue weighted by Crippen LogP contribution is 2.44. The van der Waals surface area contributed by atoms with E-state index in [0.29, 0.717) is 11.8 Å². The van der Waals surface area contributed by atoms with Gasteiger partial charge < -0.3 is 0 Å². The lowest BCUT2D eigenvalue weighted by molar-refractivity contribution is 0.540. The smallest absolute Gasteiger partial charge is 0.0622 e. The van der Waals surface area contributed by atoms with E-state index in [-0.39, 0.29) is 7.21 Å². The predicted molar refractivity (Wildman–Crippen MR) is 135 cm³/mol. The summed E-state index contributed by atoms with van der Waals surface area (Å²) in [5, 5.41) is 0. The standard InChI is InChI=1S/C28H31P2/c1-4-12-24(13-5-1)25(20-23-30-22-11-21-29-30)18-10-19-28(26-14-6-2-7-15-26)27-16-8-3-9-17-27/h1-9,11-17,21,25,28H,10,18-20,22-23H2/q+1. The van der Waals surface area contributed by atoms with Crippen molar-refractivity contribution >= 4 is 15.1 Å². The fourth-order valence-corrected chi connectivity index (χ4v) is 8.49. The average Bonchev–Trinajstić information content (AvgIpc) is 3.34. The maximum Gasteiger partial charge on any atom is 0.148 e. The summed E-state index contributed by atoms with van der Waals surface area (Å²) in [4.78, 5) is 0. The molecule has 0 fully saturated rings. The van der Waals surface area contributed by atoms with Crippen molar-refractivity contribution in [3.8, 4) is 0 Å². The topological polar surface area (TPSA) is 0 Å². The number of allylic oxidation sites excluding steroid dienone is 1. The van der Waals surface area contributed by atoms with Crippen LogP contribution in [0, 0.1) is 0 Å². The summed E-state index contributed by atoms with van der Waals surface area (Å²) in [6, 6.07) is 33.4. The minimum Gasteiger partial charge on any atom is -0.0622 e. The van der Waals surface area contributed by atoms with Crippen LogP contribution in [0.15, 0.2) is 103 Å². The molecule has 3 aromatic carbocycles. The van der Waals surface area contributed by atoms with E-state index in [1.807, 2.05) is 0 Å². The zero-order valence-corrected chi connectivity index (χ0v) is 19.4. The van der Waals surface area contributed by atoms with Crippen LogP contribution in [-0.2, 0) is 0 Å². The van der Waals surface area contributed by atoms with Gasteiger partial charge in [0, 0.05) is 11.7 Å². The van der Waals surface area contributed by atoms with Crippen LogP contribution in [0.4, 0.5) is 0 Å². The Morgan fingerprint density at radius 2 is 1.23 bits per heavy atom. The molecule has 1 aliphatic heterocycles. The van der Waals surface area contributed by atoms with E-state index in [4.69, 9.17) is 0 Å².